The third-order valence-electron chi connectivity index (χ3n) is 2.89. The van der Waals surface area contributed by atoms with Crippen LogP contribution in [-0.2, 0) is 16.0 Å². The quantitative estimate of drug-likeness (QED) is 0.696. The van der Waals surface area contributed by atoms with Gasteiger partial charge in [0.15, 0.2) is 6.10 Å². The number of benzene rings is 1. The van der Waals surface area contributed by atoms with Crippen molar-refractivity contribution in [3.05, 3.63) is 29.8 Å². The number of rotatable bonds is 7. The Hall–Kier alpha value is -1.51. The van der Waals surface area contributed by atoms with Gasteiger partial charge in [-0.25, -0.2) is 4.79 Å². The van der Waals surface area contributed by atoms with E-state index in [2.05, 4.69) is 13.8 Å². The average Bonchev–Trinajstić information content (AvgIpc) is 2.43. The van der Waals surface area contributed by atoms with E-state index in [1.54, 1.807) is 0 Å². The molecular weight excluding hydrogens is 228 g/mol. The van der Waals surface area contributed by atoms with E-state index >= 15 is 0 Å². The number of aryl methyl sites for hydroxylation is 1. The van der Waals surface area contributed by atoms with Gasteiger partial charge < -0.3 is 9.47 Å². The zero-order valence-corrected chi connectivity index (χ0v) is 11.4. The molecule has 1 aromatic rings. The van der Waals surface area contributed by atoms with Crippen LogP contribution in [0.3, 0.4) is 0 Å². The lowest BCUT2D eigenvalue weighted by Gasteiger charge is -2.16. The smallest absolute Gasteiger partial charge is 0.347 e. The highest BCUT2D eigenvalue weighted by molar-refractivity contribution is 5.74. The second-order valence-corrected chi connectivity index (χ2v) is 4.27. The van der Waals surface area contributed by atoms with Crippen LogP contribution >= 0.6 is 0 Å². The molecule has 18 heavy (non-hydrogen) atoms. The van der Waals surface area contributed by atoms with Gasteiger partial charge in [-0.15, -0.1) is 0 Å². The summed E-state index contributed by atoms with van der Waals surface area (Å²) in [6.45, 7) is 4.19. The number of carbonyl (C=O) groups excluding carboxylic acids is 1. The third-order valence-corrected chi connectivity index (χ3v) is 2.89. The van der Waals surface area contributed by atoms with Gasteiger partial charge in [0.05, 0.1) is 7.11 Å². The van der Waals surface area contributed by atoms with Gasteiger partial charge in [-0.2, -0.15) is 0 Å². The van der Waals surface area contributed by atoms with E-state index in [9.17, 15) is 4.79 Å². The van der Waals surface area contributed by atoms with Crippen molar-refractivity contribution in [2.24, 2.45) is 0 Å². The van der Waals surface area contributed by atoms with Crippen LogP contribution in [0.2, 0.25) is 0 Å². The lowest BCUT2D eigenvalue weighted by molar-refractivity contribution is -0.149. The fourth-order valence-electron chi connectivity index (χ4n) is 1.71. The number of methoxy groups -OCH3 is 1. The monoisotopic (exact) mass is 250 g/mol. The highest BCUT2D eigenvalue weighted by atomic mass is 16.6. The summed E-state index contributed by atoms with van der Waals surface area (Å²) in [6, 6.07) is 7.84. The topological polar surface area (TPSA) is 35.5 Å². The van der Waals surface area contributed by atoms with E-state index in [-0.39, 0.29) is 5.97 Å². The van der Waals surface area contributed by atoms with Gasteiger partial charge >= 0.3 is 5.97 Å². The van der Waals surface area contributed by atoms with Crippen LogP contribution in [0.1, 0.15) is 38.7 Å². The predicted molar refractivity (Wildman–Crippen MR) is 71.8 cm³/mol. The summed E-state index contributed by atoms with van der Waals surface area (Å²) in [5.41, 5.74) is 1.26. The van der Waals surface area contributed by atoms with Crippen molar-refractivity contribution < 1.29 is 14.3 Å². The Morgan fingerprint density at radius 3 is 2.39 bits per heavy atom. The molecule has 3 heteroatoms. The van der Waals surface area contributed by atoms with E-state index in [1.807, 2.05) is 24.3 Å². The summed E-state index contributed by atoms with van der Waals surface area (Å²) in [4.78, 5) is 11.6. The largest absolute Gasteiger partial charge is 0.479 e. The number of carbonyl (C=O) groups is 1. The van der Waals surface area contributed by atoms with Crippen molar-refractivity contribution in [2.75, 3.05) is 7.11 Å². The maximum absolute atomic E-state index is 11.6. The Morgan fingerprint density at radius 2 is 1.89 bits per heavy atom. The van der Waals surface area contributed by atoms with Crippen molar-refractivity contribution >= 4 is 5.97 Å². The van der Waals surface area contributed by atoms with Gasteiger partial charge in [-0.3, -0.25) is 0 Å². The standard InChI is InChI=1S/C15H22O3/c1-4-6-7-14(15(16)17-3)18-13-10-8-12(5-2)9-11-13/h8-11,14H,4-7H2,1-3H3. The second kappa shape index (κ2) is 7.75. The molecule has 0 N–H and O–H groups in total. The fraction of sp³-hybridized carbons (Fsp3) is 0.533. The molecule has 0 aromatic heterocycles. The molecule has 0 saturated heterocycles. The van der Waals surface area contributed by atoms with Gasteiger partial charge in [0.1, 0.15) is 5.75 Å². The lowest BCUT2D eigenvalue weighted by Crippen LogP contribution is -2.28. The summed E-state index contributed by atoms with van der Waals surface area (Å²) in [7, 11) is 1.39. The van der Waals surface area contributed by atoms with Gasteiger partial charge in [0, 0.05) is 0 Å². The molecule has 0 amide bonds. The Morgan fingerprint density at radius 1 is 1.22 bits per heavy atom. The van der Waals surface area contributed by atoms with Crippen LogP contribution in [0.5, 0.6) is 5.75 Å². The minimum absolute atomic E-state index is 0.303. The second-order valence-electron chi connectivity index (χ2n) is 4.27. The Balaban J connectivity index is 2.65. The highest BCUT2D eigenvalue weighted by Crippen LogP contribution is 2.17. The molecule has 0 fully saturated rings. The Kier molecular flexibility index (Phi) is 6.26. The lowest BCUT2D eigenvalue weighted by atomic mass is 10.1. The minimum atomic E-state index is -0.498. The molecule has 0 saturated carbocycles. The molecule has 0 heterocycles. The summed E-state index contributed by atoms with van der Waals surface area (Å²) >= 11 is 0. The molecule has 1 aromatic carbocycles. The summed E-state index contributed by atoms with van der Waals surface area (Å²) < 4.78 is 10.5. The molecule has 0 aliphatic rings. The van der Waals surface area contributed by atoms with E-state index < -0.39 is 6.10 Å². The molecule has 1 atom stereocenters. The first-order valence-electron chi connectivity index (χ1n) is 6.54. The Bertz CT molecular complexity index is 357. The van der Waals surface area contributed by atoms with Crippen molar-refractivity contribution in [3.8, 4) is 5.75 Å². The third kappa shape index (κ3) is 4.40. The van der Waals surface area contributed by atoms with Crippen molar-refractivity contribution in [2.45, 2.75) is 45.6 Å². The number of ether oxygens (including phenoxy) is 2. The molecule has 0 spiro atoms. The van der Waals surface area contributed by atoms with Crippen molar-refractivity contribution in [1.29, 1.82) is 0 Å². The zero-order valence-electron chi connectivity index (χ0n) is 11.4. The van der Waals surface area contributed by atoms with Gasteiger partial charge in [0.2, 0.25) is 0 Å². The zero-order chi connectivity index (χ0) is 13.4. The van der Waals surface area contributed by atoms with Crippen LogP contribution in [-0.4, -0.2) is 19.2 Å². The summed E-state index contributed by atoms with van der Waals surface area (Å²) in [5, 5.41) is 0. The normalized spacial score (nSPS) is 11.9. The molecular formula is C15H22O3. The van der Waals surface area contributed by atoms with Crippen LogP contribution in [0, 0.1) is 0 Å². The molecule has 3 nitrogen and oxygen atoms in total. The first-order valence-corrected chi connectivity index (χ1v) is 6.54. The first-order chi connectivity index (χ1) is 8.71. The maximum atomic E-state index is 11.6. The maximum Gasteiger partial charge on any atom is 0.347 e. The van der Waals surface area contributed by atoms with E-state index in [0.29, 0.717) is 6.42 Å². The van der Waals surface area contributed by atoms with Crippen LogP contribution in [0.15, 0.2) is 24.3 Å². The summed E-state index contributed by atoms with van der Waals surface area (Å²) in [5.74, 6) is 0.418. The number of esters is 1. The van der Waals surface area contributed by atoms with Crippen LogP contribution < -0.4 is 4.74 Å². The van der Waals surface area contributed by atoms with E-state index in [0.717, 1.165) is 25.0 Å². The predicted octanol–water partition coefficient (Wildman–Crippen LogP) is 3.36. The SMILES string of the molecule is CCCCC(Oc1ccc(CC)cc1)C(=O)OC. The summed E-state index contributed by atoms with van der Waals surface area (Å²) in [6.07, 6.45) is 3.18. The molecule has 100 valence electrons. The molecule has 0 bridgehead atoms. The van der Waals surface area contributed by atoms with Crippen LogP contribution in [0.25, 0.3) is 0 Å². The minimum Gasteiger partial charge on any atom is -0.479 e. The number of hydrogen-bond acceptors (Lipinski definition) is 3. The van der Waals surface area contributed by atoms with E-state index in [1.165, 1.54) is 12.7 Å². The molecule has 0 aliphatic carbocycles. The molecule has 0 aliphatic heterocycles. The first kappa shape index (κ1) is 14.6. The number of hydrogen-bond donors (Lipinski definition) is 0. The van der Waals surface area contributed by atoms with Crippen molar-refractivity contribution in [3.63, 3.8) is 0 Å². The van der Waals surface area contributed by atoms with E-state index in [4.69, 9.17) is 9.47 Å². The highest BCUT2D eigenvalue weighted by Gasteiger charge is 2.20. The number of unbranched alkanes of at least 4 members (excludes halogenated alkanes) is 1. The molecule has 1 unspecified atom stereocenters. The fourth-order valence-corrected chi connectivity index (χ4v) is 1.71. The van der Waals surface area contributed by atoms with Crippen LogP contribution in [0.4, 0.5) is 0 Å². The molecule has 0 radical (unpaired) electrons. The Labute approximate surface area is 109 Å². The molecule has 1 rings (SSSR count). The van der Waals surface area contributed by atoms with Gasteiger partial charge in [-0.05, 0) is 37.0 Å². The average molecular weight is 250 g/mol. The van der Waals surface area contributed by atoms with Crippen molar-refractivity contribution in [1.82, 2.24) is 0 Å². The van der Waals surface area contributed by atoms with Gasteiger partial charge in [-0.1, -0.05) is 32.4 Å². The van der Waals surface area contributed by atoms with Gasteiger partial charge in [0.25, 0.3) is 0 Å².